The maximum Gasteiger partial charge on any atom is 0.306 e. The quantitative estimate of drug-likeness (QED) is 0.0359. The number of aliphatic hydroxyl groups is 2. The maximum absolute atomic E-state index is 11.1. The number of halogens is 2. The molecule has 2 atom stereocenters. The van der Waals surface area contributed by atoms with Crippen molar-refractivity contribution in [2.75, 3.05) is 6.54 Å². The third-order valence-electron chi connectivity index (χ3n) is 11.3. The summed E-state index contributed by atoms with van der Waals surface area (Å²) in [5.74, 6) is -0.540. The number of aliphatic carboxylic acids is 2. The van der Waals surface area contributed by atoms with Gasteiger partial charge in [0, 0.05) is 66.7 Å². The molecular formula is C53H51Cl2N5O10. The van der Waals surface area contributed by atoms with E-state index in [4.69, 9.17) is 52.4 Å². The van der Waals surface area contributed by atoms with Crippen LogP contribution in [0.1, 0.15) is 81.3 Å². The summed E-state index contributed by atoms with van der Waals surface area (Å²) in [5, 5.41) is 60.8. The second-order valence-electron chi connectivity index (χ2n) is 16.5. The number of benzene rings is 4. The minimum absolute atomic E-state index is 0.0223. The Labute approximate surface area is 415 Å². The highest BCUT2D eigenvalue weighted by Crippen LogP contribution is 2.38. The van der Waals surface area contributed by atoms with Crippen molar-refractivity contribution in [3.05, 3.63) is 163 Å². The number of ether oxygens (including phenoxy) is 4. The highest BCUT2D eigenvalue weighted by Gasteiger charge is 2.19. The van der Waals surface area contributed by atoms with Gasteiger partial charge in [0.25, 0.3) is 0 Å². The lowest BCUT2D eigenvalue weighted by atomic mass is 9.92. The average molecular weight is 989 g/mol. The topological polar surface area (TPSA) is 237 Å². The predicted molar refractivity (Wildman–Crippen MR) is 261 cm³/mol. The molecule has 0 amide bonds. The van der Waals surface area contributed by atoms with Crippen LogP contribution in [0.5, 0.6) is 23.0 Å². The second kappa shape index (κ2) is 25.4. The first-order chi connectivity index (χ1) is 33.7. The van der Waals surface area contributed by atoms with Crippen molar-refractivity contribution in [2.45, 2.75) is 91.1 Å². The van der Waals surface area contributed by atoms with Gasteiger partial charge in [0.2, 0.25) is 0 Å². The first kappa shape index (κ1) is 52.1. The standard InChI is InChI=1S/C53H51Cl2N5O10/c1-32-39(30-69-50-18-48(67-28-36-12-34(20-56)22-58-24-36)38(14-46(50)54)6-3-9-42(61)16-52(63)64)7-4-10-44(32)45-11-5-8-40(33(45)2)31-70-51-19-49(68-29-37-13-35(21-57)23-59-25-37)41(15-47(51)55)26-60-27-43(62)17-53(65)66/h4-5,7-8,10-15,18-19,22-25,42-43,60-62H,3,6,9,16-17,26-31H2,1-2H3,(H,63,64)(H,65,66)/t42-,43+/m0/s1. The molecule has 0 aliphatic heterocycles. The molecular weight excluding hydrogens is 938 g/mol. The summed E-state index contributed by atoms with van der Waals surface area (Å²) in [6.07, 6.45) is 4.49. The fourth-order valence-corrected chi connectivity index (χ4v) is 8.09. The van der Waals surface area contributed by atoms with E-state index in [-0.39, 0.29) is 52.4 Å². The average Bonchev–Trinajstić information content (AvgIpc) is 3.33. The van der Waals surface area contributed by atoms with Crippen molar-refractivity contribution in [2.24, 2.45) is 0 Å². The smallest absolute Gasteiger partial charge is 0.306 e. The zero-order valence-electron chi connectivity index (χ0n) is 38.5. The molecule has 6 rings (SSSR count). The fourth-order valence-electron chi connectivity index (χ4n) is 7.61. The molecule has 0 spiro atoms. The molecule has 0 bridgehead atoms. The summed E-state index contributed by atoms with van der Waals surface area (Å²) in [4.78, 5) is 30.4. The zero-order valence-corrected chi connectivity index (χ0v) is 40.0. The number of aryl methyl sites for hydroxylation is 1. The number of carboxylic acids is 2. The number of rotatable bonds is 25. The van der Waals surface area contributed by atoms with Gasteiger partial charge in [-0.25, -0.2) is 0 Å². The van der Waals surface area contributed by atoms with Crippen LogP contribution in [-0.2, 0) is 49.0 Å². The maximum atomic E-state index is 11.1. The van der Waals surface area contributed by atoms with E-state index in [1.165, 1.54) is 12.4 Å². The Kier molecular flexibility index (Phi) is 18.9. The van der Waals surface area contributed by atoms with E-state index in [9.17, 15) is 30.3 Å². The summed E-state index contributed by atoms with van der Waals surface area (Å²) in [7, 11) is 0. The molecule has 2 heterocycles. The van der Waals surface area contributed by atoms with Gasteiger partial charge in [-0.2, -0.15) is 10.5 Å². The molecule has 0 saturated carbocycles. The Bertz CT molecular complexity index is 2710. The Morgan fingerprint density at radius 3 is 1.60 bits per heavy atom. The summed E-state index contributed by atoms with van der Waals surface area (Å²) < 4.78 is 25.2. The van der Waals surface area contributed by atoms with Crippen LogP contribution in [0.3, 0.4) is 0 Å². The summed E-state index contributed by atoms with van der Waals surface area (Å²) in [5.41, 5.74) is 9.25. The van der Waals surface area contributed by atoms with Crippen molar-refractivity contribution in [3.8, 4) is 46.3 Å². The van der Waals surface area contributed by atoms with Gasteiger partial charge in [0.15, 0.2) is 0 Å². The summed E-state index contributed by atoms with van der Waals surface area (Å²) >= 11 is 13.6. The van der Waals surface area contributed by atoms with Gasteiger partial charge in [0.05, 0.1) is 46.2 Å². The molecule has 4 aromatic carbocycles. The Morgan fingerprint density at radius 1 is 0.629 bits per heavy atom. The molecule has 0 aliphatic rings. The molecule has 362 valence electrons. The number of hydrogen-bond donors (Lipinski definition) is 5. The van der Waals surface area contributed by atoms with Crippen LogP contribution in [0.2, 0.25) is 10.0 Å². The molecule has 0 unspecified atom stereocenters. The lowest BCUT2D eigenvalue weighted by Gasteiger charge is -2.19. The van der Waals surface area contributed by atoms with Gasteiger partial charge in [0.1, 0.15) is 61.6 Å². The Hall–Kier alpha value is -7.24. The molecule has 6 aromatic rings. The fraction of sp³-hybridized carbons (Fsp3) is 0.283. The number of carboxylic acid groups (broad SMARTS) is 2. The van der Waals surface area contributed by atoms with Crippen LogP contribution < -0.4 is 24.3 Å². The third-order valence-corrected chi connectivity index (χ3v) is 11.9. The second-order valence-corrected chi connectivity index (χ2v) is 17.3. The molecule has 0 radical (unpaired) electrons. The summed E-state index contributed by atoms with van der Waals surface area (Å²) in [6, 6.07) is 26.3. The molecule has 0 saturated heterocycles. The molecule has 5 N–H and O–H groups in total. The Balaban J connectivity index is 1.18. The van der Waals surface area contributed by atoms with Crippen molar-refractivity contribution in [1.29, 1.82) is 10.5 Å². The minimum atomic E-state index is -1.11. The lowest BCUT2D eigenvalue weighted by molar-refractivity contribution is -0.140. The van der Waals surface area contributed by atoms with Crippen LogP contribution in [0.4, 0.5) is 0 Å². The first-order valence-electron chi connectivity index (χ1n) is 22.2. The SMILES string of the molecule is Cc1c(COc2cc(OCc3cncc(C#N)c3)c(CCC[C@H](O)CC(=O)O)cc2Cl)cccc1-c1cccc(COc2cc(OCc3cncc(C#N)c3)c(CNC[C@H](O)CC(=O)O)cc2Cl)c1C. The summed E-state index contributed by atoms with van der Waals surface area (Å²) in [6.45, 7) is 4.80. The van der Waals surface area contributed by atoms with Crippen LogP contribution in [-0.4, -0.2) is 61.1 Å². The van der Waals surface area contributed by atoms with Gasteiger partial charge in [-0.3, -0.25) is 19.6 Å². The number of nitrogens with zero attached hydrogens (tertiary/aromatic N) is 4. The van der Waals surface area contributed by atoms with Crippen LogP contribution in [0, 0.1) is 36.5 Å². The molecule has 70 heavy (non-hydrogen) atoms. The highest BCUT2D eigenvalue weighted by molar-refractivity contribution is 6.32. The van der Waals surface area contributed by atoms with E-state index in [1.54, 1.807) is 48.8 Å². The van der Waals surface area contributed by atoms with Gasteiger partial charge >= 0.3 is 11.9 Å². The molecule has 0 fully saturated rings. The number of nitriles is 2. The van der Waals surface area contributed by atoms with Crippen molar-refractivity contribution < 1.29 is 49.0 Å². The molecule has 15 nitrogen and oxygen atoms in total. The highest BCUT2D eigenvalue weighted by atomic mass is 35.5. The number of nitrogens with one attached hydrogen (secondary N) is 1. The lowest BCUT2D eigenvalue weighted by Crippen LogP contribution is -2.28. The van der Waals surface area contributed by atoms with E-state index >= 15 is 0 Å². The number of carbonyl (C=O) groups is 2. The Morgan fingerprint density at radius 2 is 1.10 bits per heavy atom. The number of aromatic nitrogens is 2. The van der Waals surface area contributed by atoms with Gasteiger partial charge in [-0.15, -0.1) is 0 Å². The van der Waals surface area contributed by atoms with E-state index in [2.05, 4.69) is 27.4 Å². The minimum Gasteiger partial charge on any atom is -0.488 e. The molecule has 2 aromatic heterocycles. The molecule has 17 heteroatoms. The van der Waals surface area contributed by atoms with Crippen LogP contribution >= 0.6 is 23.2 Å². The van der Waals surface area contributed by atoms with Crippen molar-refractivity contribution >= 4 is 35.1 Å². The zero-order chi connectivity index (χ0) is 50.2. The van der Waals surface area contributed by atoms with Crippen LogP contribution in [0.25, 0.3) is 11.1 Å². The van der Waals surface area contributed by atoms with Crippen LogP contribution in [0.15, 0.2) is 97.6 Å². The van der Waals surface area contributed by atoms with E-state index in [0.29, 0.717) is 73.7 Å². The van der Waals surface area contributed by atoms with Gasteiger partial charge < -0.3 is 44.7 Å². The van der Waals surface area contributed by atoms with Crippen molar-refractivity contribution in [1.82, 2.24) is 15.3 Å². The predicted octanol–water partition coefficient (Wildman–Crippen LogP) is 9.21. The van der Waals surface area contributed by atoms with Crippen molar-refractivity contribution in [3.63, 3.8) is 0 Å². The number of aliphatic hydroxyl groups excluding tert-OH is 2. The largest absolute Gasteiger partial charge is 0.488 e. The molecule has 0 aliphatic carbocycles. The monoisotopic (exact) mass is 987 g/mol. The van der Waals surface area contributed by atoms with E-state index < -0.39 is 30.6 Å². The van der Waals surface area contributed by atoms with Gasteiger partial charge in [-0.1, -0.05) is 59.6 Å². The number of pyridine rings is 2. The first-order valence-corrected chi connectivity index (χ1v) is 23.0. The third kappa shape index (κ3) is 14.9. The van der Waals surface area contributed by atoms with E-state index in [0.717, 1.165) is 38.9 Å². The normalized spacial score (nSPS) is 11.8. The van der Waals surface area contributed by atoms with E-state index in [1.807, 2.05) is 50.2 Å². The van der Waals surface area contributed by atoms with Gasteiger partial charge in [-0.05, 0) is 96.3 Å². The number of hydrogen-bond acceptors (Lipinski definition) is 13.